The van der Waals surface area contributed by atoms with Crippen LogP contribution in [0.1, 0.15) is 15.9 Å². The van der Waals surface area contributed by atoms with Crippen LogP contribution in [0.5, 0.6) is 11.6 Å². The fraction of sp³-hybridized carbons (Fsp3) is 0.0769. The molecule has 0 saturated carbocycles. The van der Waals surface area contributed by atoms with Crippen molar-refractivity contribution < 1.29 is 19.6 Å². The molecule has 0 radical (unpaired) electrons. The van der Waals surface area contributed by atoms with E-state index in [1.54, 1.807) is 13.0 Å². The van der Waals surface area contributed by atoms with Gasteiger partial charge in [-0.15, -0.1) is 0 Å². The van der Waals surface area contributed by atoms with Crippen LogP contribution in [0.2, 0.25) is 0 Å². The average Bonchev–Trinajstić information content (AvgIpc) is 2.42. The maximum Gasteiger partial charge on any atom is 0.337 e. The summed E-state index contributed by atoms with van der Waals surface area (Å²) in [5.41, 5.74) is 0.415. The summed E-state index contributed by atoms with van der Waals surface area (Å²) in [6, 6.07) is 5.78. The molecule has 0 spiro atoms. The Balaban J connectivity index is 2.37. The van der Waals surface area contributed by atoms with Gasteiger partial charge in [-0.3, -0.25) is 10.1 Å². The summed E-state index contributed by atoms with van der Waals surface area (Å²) in [5.74, 6) is -0.683. The zero-order chi connectivity index (χ0) is 15.6. The number of aromatic carboxylic acids is 1. The maximum absolute atomic E-state index is 10.9. The van der Waals surface area contributed by atoms with Crippen LogP contribution in [0, 0.1) is 17.0 Å². The van der Waals surface area contributed by atoms with Crippen molar-refractivity contribution in [2.45, 2.75) is 6.92 Å². The number of hydrogen-bond acceptors (Lipinski definition) is 5. The first-order chi connectivity index (χ1) is 9.90. The molecule has 2 aromatic rings. The van der Waals surface area contributed by atoms with E-state index in [0.717, 1.165) is 6.20 Å². The van der Waals surface area contributed by atoms with Crippen molar-refractivity contribution >= 4 is 27.6 Å². The maximum atomic E-state index is 10.9. The summed E-state index contributed by atoms with van der Waals surface area (Å²) in [6.45, 7) is 1.64. The van der Waals surface area contributed by atoms with Crippen LogP contribution in [0.25, 0.3) is 0 Å². The van der Waals surface area contributed by atoms with Crippen LogP contribution >= 0.6 is 15.9 Å². The Kier molecular flexibility index (Phi) is 4.18. The van der Waals surface area contributed by atoms with Crippen molar-refractivity contribution in [2.75, 3.05) is 0 Å². The number of nitro benzene ring substituents is 1. The smallest absolute Gasteiger partial charge is 0.337 e. The van der Waals surface area contributed by atoms with E-state index >= 15 is 0 Å². The summed E-state index contributed by atoms with van der Waals surface area (Å²) < 4.78 is 5.70. The van der Waals surface area contributed by atoms with Gasteiger partial charge in [0.05, 0.1) is 10.5 Å². The Hall–Kier alpha value is -2.48. The SMILES string of the molecule is Cc1cc(C(=O)O)cnc1Oc1cccc([N+](=O)[O-])c1Br. The number of nitro groups is 1. The number of aryl methyl sites for hydroxylation is 1. The van der Waals surface area contributed by atoms with Crippen LogP contribution in [-0.2, 0) is 0 Å². The molecule has 8 heteroatoms. The number of ether oxygens (including phenoxy) is 1. The second kappa shape index (κ2) is 5.88. The Morgan fingerprint density at radius 1 is 1.48 bits per heavy atom. The number of carboxylic acids is 1. The first-order valence-corrected chi connectivity index (χ1v) is 6.50. The number of halogens is 1. The fourth-order valence-corrected chi connectivity index (χ4v) is 2.10. The molecule has 21 heavy (non-hydrogen) atoms. The second-order valence-electron chi connectivity index (χ2n) is 4.10. The molecule has 108 valence electrons. The number of benzene rings is 1. The van der Waals surface area contributed by atoms with Crippen molar-refractivity contribution in [3.63, 3.8) is 0 Å². The predicted octanol–water partition coefficient (Wildman–Crippen LogP) is 3.55. The van der Waals surface area contributed by atoms with Crippen LogP contribution in [0.15, 0.2) is 34.9 Å². The van der Waals surface area contributed by atoms with Crippen molar-refractivity contribution in [3.8, 4) is 11.6 Å². The van der Waals surface area contributed by atoms with E-state index in [1.807, 2.05) is 0 Å². The number of nitrogens with zero attached hydrogens (tertiary/aromatic N) is 2. The molecule has 7 nitrogen and oxygen atoms in total. The Bertz CT molecular complexity index is 732. The number of rotatable bonds is 4. The number of carboxylic acid groups (broad SMARTS) is 1. The van der Waals surface area contributed by atoms with Gasteiger partial charge in [0.25, 0.3) is 5.69 Å². The molecule has 1 aromatic carbocycles. The van der Waals surface area contributed by atoms with Gasteiger partial charge in [0.1, 0.15) is 4.47 Å². The molecular weight excluding hydrogens is 344 g/mol. The molecule has 0 amide bonds. The molecule has 0 atom stereocenters. The molecule has 0 aliphatic rings. The molecule has 1 heterocycles. The molecule has 0 aliphatic heterocycles. The minimum Gasteiger partial charge on any atom is -0.478 e. The lowest BCUT2D eigenvalue weighted by atomic mass is 10.2. The summed E-state index contributed by atoms with van der Waals surface area (Å²) in [7, 11) is 0. The van der Waals surface area contributed by atoms with E-state index in [0.29, 0.717) is 5.56 Å². The van der Waals surface area contributed by atoms with Gasteiger partial charge in [-0.2, -0.15) is 0 Å². The third-order valence-electron chi connectivity index (χ3n) is 2.62. The van der Waals surface area contributed by atoms with E-state index in [9.17, 15) is 14.9 Å². The fourth-order valence-electron chi connectivity index (χ4n) is 1.61. The Labute approximate surface area is 127 Å². The van der Waals surface area contributed by atoms with E-state index in [4.69, 9.17) is 9.84 Å². The van der Waals surface area contributed by atoms with Gasteiger partial charge >= 0.3 is 5.97 Å². The predicted molar refractivity (Wildman–Crippen MR) is 76.8 cm³/mol. The van der Waals surface area contributed by atoms with Crippen molar-refractivity contribution in [2.24, 2.45) is 0 Å². The van der Waals surface area contributed by atoms with Gasteiger partial charge in [-0.05, 0) is 35.0 Å². The van der Waals surface area contributed by atoms with Crippen molar-refractivity contribution in [3.05, 3.63) is 56.2 Å². The Morgan fingerprint density at radius 2 is 2.19 bits per heavy atom. The van der Waals surface area contributed by atoms with E-state index in [1.165, 1.54) is 18.2 Å². The van der Waals surface area contributed by atoms with E-state index in [-0.39, 0.29) is 27.4 Å². The van der Waals surface area contributed by atoms with E-state index < -0.39 is 10.9 Å². The molecule has 0 bridgehead atoms. The topological polar surface area (TPSA) is 103 Å². The lowest BCUT2D eigenvalue weighted by Gasteiger charge is -2.09. The first kappa shape index (κ1) is 14.9. The summed E-state index contributed by atoms with van der Waals surface area (Å²) >= 11 is 3.11. The monoisotopic (exact) mass is 352 g/mol. The minimum absolute atomic E-state index is 0.0398. The van der Waals surface area contributed by atoms with Gasteiger partial charge in [0.2, 0.25) is 5.88 Å². The molecule has 2 rings (SSSR count). The van der Waals surface area contributed by atoms with Crippen LogP contribution < -0.4 is 4.74 Å². The van der Waals surface area contributed by atoms with Gasteiger partial charge in [-0.1, -0.05) is 6.07 Å². The quantitative estimate of drug-likeness (QED) is 0.666. The van der Waals surface area contributed by atoms with Gasteiger partial charge in [-0.25, -0.2) is 9.78 Å². The molecule has 0 unspecified atom stereocenters. The van der Waals surface area contributed by atoms with Gasteiger partial charge in [0, 0.05) is 17.8 Å². The highest BCUT2D eigenvalue weighted by Crippen LogP contribution is 2.36. The van der Waals surface area contributed by atoms with Gasteiger partial charge in [0.15, 0.2) is 5.75 Å². The van der Waals surface area contributed by atoms with Crippen LogP contribution in [-0.4, -0.2) is 21.0 Å². The zero-order valence-electron chi connectivity index (χ0n) is 10.7. The van der Waals surface area contributed by atoms with Crippen LogP contribution in [0.4, 0.5) is 5.69 Å². The summed E-state index contributed by atoms with van der Waals surface area (Å²) in [5, 5.41) is 19.7. The zero-order valence-corrected chi connectivity index (χ0v) is 12.3. The van der Waals surface area contributed by atoms with Gasteiger partial charge < -0.3 is 9.84 Å². The molecule has 1 aromatic heterocycles. The van der Waals surface area contributed by atoms with Crippen molar-refractivity contribution in [1.29, 1.82) is 0 Å². The van der Waals surface area contributed by atoms with Crippen molar-refractivity contribution in [1.82, 2.24) is 4.98 Å². The molecule has 0 aliphatic carbocycles. The third kappa shape index (κ3) is 3.16. The normalized spacial score (nSPS) is 10.2. The highest BCUT2D eigenvalue weighted by molar-refractivity contribution is 9.10. The largest absolute Gasteiger partial charge is 0.478 e. The number of pyridine rings is 1. The summed E-state index contributed by atoms with van der Waals surface area (Å²) in [4.78, 5) is 25.1. The second-order valence-corrected chi connectivity index (χ2v) is 4.89. The first-order valence-electron chi connectivity index (χ1n) is 5.71. The highest BCUT2D eigenvalue weighted by Gasteiger charge is 2.17. The lowest BCUT2D eigenvalue weighted by Crippen LogP contribution is -2.00. The molecular formula is C13H9BrN2O5. The minimum atomic E-state index is -1.09. The molecule has 0 fully saturated rings. The number of hydrogen-bond donors (Lipinski definition) is 1. The van der Waals surface area contributed by atoms with Crippen LogP contribution in [0.3, 0.4) is 0 Å². The molecule has 1 N–H and O–H groups in total. The average molecular weight is 353 g/mol. The summed E-state index contributed by atoms with van der Waals surface area (Å²) in [6.07, 6.45) is 1.16. The number of aromatic nitrogens is 1. The molecule has 0 saturated heterocycles. The Morgan fingerprint density at radius 3 is 2.76 bits per heavy atom. The highest BCUT2D eigenvalue weighted by atomic mass is 79.9. The van der Waals surface area contributed by atoms with E-state index in [2.05, 4.69) is 20.9 Å². The lowest BCUT2D eigenvalue weighted by molar-refractivity contribution is -0.385. The standard InChI is InChI=1S/C13H9BrN2O5/c1-7-5-8(13(17)18)6-15-12(7)21-10-4-2-3-9(11(10)14)16(19)20/h2-6H,1H3,(H,17,18). The third-order valence-corrected chi connectivity index (χ3v) is 3.42. The number of carbonyl (C=O) groups is 1.